The molecule has 1 saturated heterocycles. The fourth-order valence-corrected chi connectivity index (χ4v) is 2.17. The third kappa shape index (κ3) is 5.24. The highest BCUT2D eigenvalue weighted by Gasteiger charge is 2.10. The molecule has 2 N–H and O–H groups in total. The molecular weight excluding hydrogens is 268 g/mol. The summed E-state index contributed by atoms with van der Waals surface area (Å²) >= 11 is 0. The van der Waals surface area contributed by atoms with Crippen molar-refractivity contribution in [3.8, 4) is 0 Å². The van der Waals surface area contributed by atoms with Crippen LogP contribution in [-0.2, 0) is 4.74 Å². The molecule has 6 nitrogen and oxygen atoms in total. The highest BCUT2D eigenvalue weighted by atomic mass is 16.5. The van der Waals surface area contributed by atoms with Gasteiger partial charge in [0, 0.05) is 51.6 Å². The van der Waals surface area contributed by atoms with Crippen molar-refractivity contribution in [1.82, 2.24) is 10.2 Å². The summed E-state index contributed by atoms with van der Waals surface area (Å²) in [6, 6.07) is 7.58. The number of rotatable bonds is 5. The molecule has 1 fully saturated rings. The minimum Gasteiger partial charge on any atom is -0.379 e. The quantitative estimate of drug-likeness (QED) is 0.856. The van der Waals surface area contributed by atoms with Crippen LogP contribution in [0.25, 0.3) is 0 Å². The Hall–Kier alpha value is -1.79. The SMILES string of the molecule is CN(C)c1ccc(NC(=O)NCCN2CCOCC2)cc1. The summed E-state index contributed by atoms with van der Waals surface area (Å²) in [5.41, 5.74) is 1.90. The Labute approximate surface area is 126 Å². The number of benzene rings is 1. The largest absolute Gasteiger partial charge is 0.379 e. The number of hydrogen-bond donors (Lipinski definition) is 2. The van der Waals surface area contributed by atoms with Crippen LogP contribution in [0, 0.1) is 0 Å². The van der Waals surface area contributed by atoms with E-state index in [9.17, 15) is 4.79 Å². The van der Waals surface area contributed by atoms with E-state index in [0.717, 1.165) is 44.2 Å². The van der Waals surface area contributed by atoms with E-state index in [0.29, 0.717) is 6.54 Å². The Morgan fingerprint density at radius 1 is 1.24 bits per heavy atom. The van der Waals surface area contributed by atoms with Gasteiger partial charge in [-0.25, -0.2) is 4.79 Å². The lowest BCUT2D eigenvalue weighted by atomic mass is 10.2. The predicted octanol–water partition coefficient (Wildman–Crippen LogP) is 1.21. The van der Waals surface area contributed by atoms with Crippen molar-refractivity contribution < 1.29 is 9.53 Å². The van der Waals surface area contributed by atoms with E-state index in [-0.39, 0.29) is 6.03 Å². The van der Waals surface area contributed by atoms with Crippen molar-refractivity contribution in [1.29, 1.82) is 0 Å². The maximum Gasteiger partial charge on any atom is 0.319 e. The van der Waals surface area contributed by atoms with E-state index in [1.807, 2.05) is 43.3 Å². The zero-order chi connectivity index (χ0) is 15.1. The summed E-state index contributed by atoms with van der Waals surface area (Å²) in [6.45, 7) is 4.94. The van der Waals surface area contributed by atoms with Crippen molar-refractivity contribution >= 4 is 17.4 Å². The number of morpholine rings is 1. The molecule has 0 saturated carbocycles. The van der Waals surface area contributed by atoms with Gasteiger partial charge in [-0.1, -0.05) is 0 Å². The summed E-state index contributed by atoms with van der Waals surface area (Å²) < 4.78 is 5.29. The van der Waals surface area contributed by atoms with Crippen molar-refractivity contribution in [2.75, 3.05) is 63.7 Å². The van der Waals surface area contributed by atoms with E-state index in [1.165, 1.54) is 0 Å². The van der Waals surface area contributed by atoms with Crippen LogP contribution in [0.2, 0.25) is 0 Å². The van der Waals surface area contributed by atoms with Gasteiger partial charge in [-0.05, 0) is 24.3 Å². The molecular formula is C15H24N4O2. The van der Waals surface area contributed by atoms with Crippen molar-refractivity contribution in [3.63, 3.8) is 0 Å². The second-order valence-electron chi connectivity index (χ2n) is 5.28. The van der Waals surface area contributed by atoms with E-state index in [1.54, 1.807) is 0 Å². The normalized spacial score (nSPS) is 15.5. The molecule has 21 heavy (non-hydrogen) atoms. The first-order valence-electron chi connectivity index (χ1n) is 7.27. The Kier molecular flexibility index (Phi) is 5.83. The summed E-state index contributed by atoms with van der Waals surface area (Å²) in [5, 5.41) is 5.71. The van der Waals surface area contributed by atoms with Crippen molar-refractivity contribution in [2.45, 2.75) is 0 Å². The molecule has 0 aliphatic carbocycles. The van der Waals surface area contributed by atoms with Crippen LogP contribution in [-0.4, -0.2) is 64.4 Å². The van der Waals surface area contributed by atoms with Gasteiger partial charge in [0.05, 0.1) is 13.2 Å². The number of amides is 2. The summed E-state index contributed by atoms with van der Waals surface area (Å²) in [6.07, 6.45) is 0. The fraction of sp³-hybridized carbons (Fsp3) is 0.533. The van der Waals surface area contributed by atoms with Crippen molar-refractivity contribution in [2.24, 2.45) is 0 Å². The fourth-order valence-electron chi connectivity index (χ4n) is 2.17. The van der Waals surface area contributed by atoms with E-state index < -0.39 is 0 Å². The number of carbonyl (C=O) groups excluding carboxylic acids is 1. The molecule has 0 spiro atoms. The Morgan fingerprint density at radius 2 is 1.90 bits per heavy atom. The lowest BCUT2D eigenvalue weighted by Gasteiger charge is -2.26. The van der Waals surface area contributed by atoms with Gasteiger partial charge in [0.25, 0.3) is 0 Å². The van der Waals surface area contributed by atoms with Crippen molar-refractivity contribution in [3.05, 3.63) is 24.3 Å². The number of nitrogens with zero attached hydrogens (tertiary/aromatic N) is 2. The third-order valence-electron chi connectivity index (χ3n) is 3.46. The molecule has 1 aliphatic rings. The van der Waals surface area contributed by atoms with E-state index in [2.05, 4.69) is 15.5 Å². The topological polar surface area (TPSA) is 56.8 Å². The van der Waals surface area contributed by atoms with Crippen LogP contribution in [0.1, 0.15) is 0 Å². The summed E-state index contributed by atoms with van der Waals surface area (Å²) in [7, 11) is 3.97. The van der Waals surface area contributed by atoms with Gasteiger partial charge in [-0.15, -0.1) is 0 Å². The first kappa shape index (κ1) is 15.6. The number of ether oxygens (including phenoxy) is 1. The molecule has 2 rings (SSSR count). The molecule has 0 aromatic heterocycles. The third-order valence-corrected chi connectivity index (χ3v) is 3.46. The van der Waals surface area contributed by atoms with Gasteiger partial charge in [0.1, 0.15) is 0 Å². The van der Waals surface area contributed by atoms with Gasteiger partial charge in [0.15, 0.2) is 0 Å². The number of carbonyl (C=O) groups is 1. The molecule has 116 valence electrons. The second kappa shape index (κ2) is 7.85. The van der Waals surface area contributed by atoms with Gasteiger partial charge in [0.2, 0.25) is 0 Å². The maximum atomic E-state index is 11.8. The lowest BCUT2D eigenvalue weighted by molar-refractivity contribution is 0.0388. The minimum absolute atomic E-state index is 0.166. The van der Waals surface area contributed by atoms with Crippen LogP contribution in [0.5, 0.6) is 0 Å². The number of hydrogen-bond acceptors (Lipinski definition) is 4. The van der Waals surface area contributed by atoms with Gasteiger partial charge >= 0.3 is 6.03 Å². The highest BCUT2D eigenvalue weighted by Crippen LogP contribution is 2.15. The zero-order valence-corrected chi connectivity index (χ0v) is 12.8. The van der Waals surface area contributed by atoms with Gasteiger partial charge in [-0.3, -0.25) is 4.90 Å². The molecule has 0 bridgehead atoms. The monoisotopic (exact) mass is 292 g/mol. The van der Waals surface area contributed by atoms with Crippen LogP contribution in [0.4, 0.5) is 16.2 Å². The van der Waals surface area contributed by atoms with Crippen LogP contribution >= 0.6 is 0 Å². The molecule has 0 unspecified atom stereocenters. The van der Waals surface area contributed by atoms with E-state index in [4.69, 9.17) is 4.74 Å². The number of anilines is 2. The zero-order valence-electron chi connectivity index (χ0n) is 12.8. The number of urea groups is 1. The molecule has 1 aliphatic heterocycles. The highest BCUT2D eigenvalue weighted by molar-refractivity contribution is 5.89. The molecule has 1 heterocycles. The summed E-state index contributed by atoms with van der Waals surface area (Å²) in [5.74, 6) is 0. The Bertz CT molecular complexity index is 441. The smallest absolute Gasteiger partial charge is 0.319 e. The molecule has 2 amide bonds. The molecule has 1 aromatic carbocycles. The molecule has 0 atom stereocenters. The van der Waals surface area contributed by atoms with Crippen LogP contribution in [0.3, 0.4) is 0 Å². The standard InChI is InChI=1S/C15H24N4O2/c1-18(2)14-5-3-13(4-6-14)17-15(20)16-7-8-19-9-11-21-12-10-19/h3-6H,7-12H2,1-2H3,(H2,16,17,20). The predicted molar refractivity (Wildman–Crippen MR) is 85.0 cm³/mol. The Morgan fingerprint density at radius 3 is 2.52 bits per heavy atom. The average Bonchev–Trinajstić information content (AvgIpc) is 2.49. The van der Waals surface area contributed by atoms with E-state index >= 15 is 0 Å². The first-order valence-corrected chi connectivity index (χ1v) is 7.27. The Balaban J connectivity index is 1.68. The lowest BCUT2D eigenvalue weighted by Crippen LogP contribution is -2.42. The molecule has 0 radical (unpaired) electrons. The summed E-state index contributed by atoms with van der Waals surface area (Å²) in [4.78, 5) is 16.1. The molecule has 1 aromatic rings. The van der Waals surface area contributed by atoms with Gasteiger partial charge < -0.3 is 20.3 Å². The molecule has 6 heteroatoms. The number of nitrogens with one attached hydrogen (secondary N) is 2. The minimum atomic E-state index is -0.166. The van der Waals surface area contributed by atoms with Gasteiger partial charge in [-0.2, -0.15) is 0 Å². The maximum absolute atomic E-state index is 11.8. The second-order valence-corrected chi connectivity index (χ2v) is 5.28. The average molecular weight is 292 g/mol. The van der Waals surface area contributed by atoms with Crippen LogP contribution < -0.4 is 15.5 Å². The van der Waals surface area contributed by atoms with Crippen LogP contribution in [0.15, 0.2) is 24.3 Å². The first-order chi connectivity index (χ1) is 10.1.